The number of nitrogens with one attached hydrogen (secondary N) is 1. The monoisotopic (exact) mass is 251 g/mol. The Morgan fingerprint density at radius 2 is 1.83 bits per heavy atom. The predicted octanol–water partition coefficient (Wildman–Crippen LogP) is 3.77. The third kappa shape index (κ3) is 3.84. The van der Waals surface area contributed by atoms with Crippen LogP contribution in [0.5, 0.6) is 0 Å². The highest BCUT2D eigenvalue weighted by atomic mass is 15.1. The van der Waals surface area contributed by atoms with Crippen LogP contribution in [-0.4, -0.2) is 16.1 Å². The first-order valence-electron chi connectivity index (χ1n) is 7.52. The zero-order chi connectivity index (χ0) is 13.4. The molecule has 0 saturated carbocycles. The van der Waals surface area contributed by atoms with Crippen molar-refractivity contribution in [3.8, 4) is 0 Å². The second-order valence-electron chi connectivity index (χ2n) is 4.94. The standard InChI is InChI=1S/C15H29N3/c1-5-9-13(10-6-2)14(16-7-3)15-17-11-12-18(15)8-4/h11-14,16H,5-10H2,1-4H3. The van der Waals surface area contributed by atoms with Crippen molar-refractivity contribution >= 4 is 0 Å². The van der Waals surface area contributed by atoms with Crippen LogP contribution in [0.3, 0.4) is 0 Å². The molecule has 1 atom stereocenters. The average molecular weight is 251 g/mol. The van der Waals surface area contributed by atoms with E-state index in [0.717, 1.165) is 13.1 Å². The molecule has 0 spiro atoms. The number of nitrogens with zero attached hydrogens (tertiary/aromatic N) is 2. The molecule has 0 radical (unpaired) electrons. The Labute approximate surface area is 112 Å². The minimum Gasteiger partial charge on any atom is -0.334 e. The van der Waals surface area contributed by atoms with Gasteiger partial charge in [0.1, 0.15) is 5.82 Å². The van der Waals surface area contributed by atoms with Gasteiger partial charge in [-0.25, -0.2) is 4.98 Å². The van der Waals surface area contributed by atoms with Gasteiger partial charge in [-0.05, 0) is 32.2 Å². The van der Waals surface area contributed by atoms with Crippen molar-refractivity contribution in [1.29, 1.82) is 0 Å². The maximum Gasteiger partial charge on any atom is 0.126 e. The summed E-state index contributed by atoms with van der Waals surface area (Å²) in [6.07, 6.45) is 9.08. The fourth-order valence-corrected chi connectivity index (χ4v) is 2.77. The summed E-state index contributed by atoms with van der Waals surface area (Å²) >= 11 is 0. The topological polar surface area (TPSA) is 29.9 Å². The SMILES string of the molecule is CCCC(CCC)C(NCC)c1nccn1CC. The van der Waals surface area contributed by atoms with E-state index in [2.05, 4.69) is 48.8 Å². The maximum atomic E-state index is 4.59. The summed E-state index contributed by atoms with van der Waals surface area (Å²) in [6, 6.07) is 0.407. The van der Waals surface area contributed by atoms with Crippen LogP contribution in [0.25, 0.3) is 0 Å². The molecule has 1 aromatic heterocycles. The van der Waals surface area contributed by atoms with Crippen LogP contribution in [0.1, 0.15) is 65.2 Å². The van der Waals surface area contributed by atoms with Crippen LogP contribution in [0.15, 0.2) is 12.4 Å². The van der Waals surface area contributed by atoms with Gasteiger partial charge in [0.05, 0.1) is 6.04 Å². The number of aryl methyl sites for hydroxylation is 1. The van der Waals surface area contributed by atoms with Gasteiger partial charge in [0.25, 0.3) is 0 Å². The van der Waals surface area contributed by atoms with Gasteiger partial charge >= 0.3 is 0 Å². The molecular weight excluding hydrogens is 222 g/mol. The van der Waals surface area contributed by atoms with Crippen molar-refractivity contribution in [2.75, 3.05) is 6.54 Å². The average Bonchev–Trinajstić information content (AvgIpc) is 2.84. The van der Waals surface area contributed by atoms with Gasteiger partial charge in [-0.1, -0.05) is 33.6 Å². The van der Waals surface area contributed by atoms with Crippen LogP contribution < -0.4 is 5.32 Å². The quantitative estimate of drug-likeness (QED) is 0.724. The largest absolute Gasteiger partial charge is 0.334 e. The molecule has 3 heteroatoms. The minimum atomic E-state index is 0.407. The molecule has 0 saturated heterocycles. The summed E-state index contributed by atoms with van der Waals surface area (Å²) in [6.45, 7) is 10.9. The number of hydrogen-bond donors (Lipinski definition) is 1. The van der Waals surface area contributed by atoms with Gasteiger partial charge in [0.15, 0.2) is 0 Å². The summed E-state index contributed by atoms with van der Waals surface area (Å²) in [4.78, 5) is 4.59. The molecular formula is C15H29N3. The van der Waals surface area contributed by atoms with Gasteiger partial charge in [0.2, 0.25) is 0 Å². The fraction of sp³-hybridized carbons (Fsp3) is 0.800. The van der Waals surface area contributed by atoms with Crippen LogP contribution >= 0.6 is 0 Å². The van der Waals surface area contributed by atoms with Crippen molar-refractivity contribution in [1.82, 2.24) is 14.9 Å². The first kappa shape index (κ1) is 15.2. The highest BCUT2D eigenvalue weighted by molar-refractivity contribution is 5.01. The van der Waals surface area contributed by atoms with E-state index >= 15 is 0 Å². The van der Waals surface area contributed by atoms with Crippen LogP contribution in [0.4, 0.5) is 0 Å². The van der Waals surface area contributed by atoms with E-state index < -0.39 is 0 Å². The van der Waals surface area contributed by atoms with Gasteiger partial charge in [-0.15, -0.1) is 0 Å². The highest BCUT2D eigenvalue weighted by Crippen LogP contribution is 2.28. The molecule has 0 aromatic carbocycles. The van der Waals surface area contributed by atoms with E-state index in [9.17, 15) is 0 Å². The Morgan fingerprint density at radius 3 is 2.33 bits per heavy atom. The number of rotatable bonds is 9. The van der Waals surface area contributed by atoms with E-state index in [4.69, 9.17) is 0 Å². The first-order valence-corrected chi connectivity index (χ1v) is 7.52. The fourth-order valence-electron chi connectivity index (χ4n) is 2.77. The molecule has 104 valence electrons. The number of imidazole rings is 1. The number of aromatic nitrogens is 2. The molecule has 18 heavy (non-hydrogen) atoms. The third-order valence-corrected chi connectivity index (χ3v) is 3.58. The summed E-state index contributed by atoms with van der Waals surface area (Å²) in [5.41, 5.74) is 0. The summed E-state index contributed by atoms with van der Waals surface area (Å²) in [5, 5.41) is 3.65. The minimum absolute atomic E-state index is 0.407. The van der Waals surface area contributed by atoms with Crippen LogP contribution in [-0.2, 0) is 6.54 Å². The Morgan fingerprint density at radius 1 is 1.17 bits per heavy atom. The molecule has 0 amide bonds. The maximum absolute atomic E-state index is 4.59. The lowest BCUT2D eigenvalue weighted by Crippen LogP contribution is -2.31. The lowest BCUT2D eigenvalue weighted by Gasteiger charge is -2.27. The van der Waals surface area contributed by atoms with E-state index in [1.165, 1.54) is 31.5 Å². The van der Waals surface area contributed by atoms with Gasteiger partial charge < -0.3 is 9.88 Å². The Balaban J connectivity index is 2.91. The van der Waals surface area contributed by atoms with E-state index in [1.807, 2.05) is 6.20 Å². The third-order valence-electron chi connectivity index (χ3n) is 3.58. The second kappa shape index (κ2) is 8.30. The van der Waals surface area contributed by atoms with Crippen molar-refractivity contribution in [2.45, 2.75) is 66.0 Å². The molecule has 1 rings (SSSR count). The van der Waals surface area contributed by atoms with Crippen LogP contribution in [0.2, 0.25) is 0 Å². The Kier molecular flexibility index (Phi) is 7.02. The molecule has 1 aromatic rings. The highest BCUT2D eigenvalue weighted by Gasteiger charge is 2.24. The number of hydrogen-bond acceptors (Lipinski definition) is 2. The molecule has 0 aliphatic carbocycles. The molecule has 1 heterocycles. The van der Waals surface area contributed by atoms with E-state index in [-0.39, 0.29) is 0 Å². The lowest BCUT2D eigenvalue weighted by atomic mass is 9.89. The van der Waals surface area contributed by atoms with Gasteiger partial charge in [0, 0.05) is 18.9 Å². The van der Waals surface area contributed by atoms with Crippen LogP contribution in [0, 0.1) is 5.92 Å². The molecule has 0 fully saturated rings. The molecule has 1 N–H and O–H groups in total. The van der Waals surface area contributed by atoms with Crippen molar-refractivity contribution < 1.29 is 0 Å². The van der Waals surface area contributed by atoms with E-state index in [0.29, 0.717) is 12.0 Å². The van der Waals surface area contributed by atoms with Gasteiger partial charge in [-0.2, -0.15) is 0 Å². The second-order valence-corrected chi connectivity index (χ2v) is 4.94. The summed E-state index contributed by atoms with van der Waals surface area (Å²) in [7, 11) is 0. The van der Waals surface area contributed by atoms with Crippen molar-refractivity contribution in [3.05, 3.63) is 18.2 Å². The summed E-state index contributed by atoms with van der Waals surface area (Å²) < 4.78 is 2.27. The van der Waals surface area contributed by atoms with E-state index in [1.54, 1.807) is 0 Å². The zero-order valence-electron chi connectivity index (χ0n) is 12.4. The Hall–Kier alpha value is -0.830. The molecule has 0 aliphatic heterocycles. The predicted molar refractivity (Wildman–Crippen MR) is 77.6 cm³/mol. The molecule has 3 nitrogen and oxygen atoms in total. The first-order chi connectivity index (χ1) is 8.78. The van der Waals surface area contributed by atoms with Gasteiger partial charge in [-0.3, -0.25) is 0 Å². The smallest absolute Gasteiger partial charge is 0.126 e. The normalized spacial score (nSPS) is 13.2. The van der Waals surface area contributed by atoms with Crippen molar-refractivity contribution in [2.24, 2.45) is 5.92 Å². The molecule has 0 aliphatic rings. The molecule has 0 bridgehead atoms. The lowest BCUT2D eigenvalue weighted by molar-refractivity contribution is 0.302. The summed E-state index contributed by atoms with van der Waals surface area (Å²) in [5.74, 6) is 1.92. The van der Waals surface area contributed by atoms with Crippen molar-refractivity contribution in [3.63, 3.8) is 0 Å². The molecule has 1 unspecified atom stereocenters. The zero-order valence-corrected chi connectivity index (χ0v) is 12.4. The Bertz CT molecular complexity index is 313.